The number of methoxy groups -OCH3 is 1. The SMILES string of the molecule is COc1ccccc1CO/N=[C]\c1cccc(C(F)F)c1. The number of alkyl halides is 2. The van der Waals surface area contributed by atoms with Gasteiger partial charge in [-0.3, -0.25) is 0 Å². The maximum atomic E-state index is 12.5. The van der Waals surface area contributed by atoms with E-state index >= 15 is 0 Å². The molecule has 0 saturated carbocycles. The van der Waals surface area contributed by atoms with Crippen LogP contribution in [-0.2, 0) is 11.4 Å². The van der Waals surface area contributed by atoms with Crippen LogP contribution >= 0.6 is 0 Å². The van der Waals surface area contributed by atoms with Crippen LogP contribution in [0.5, 0.6) is 5.75 Å². The molecule has 21 heavy (non-hydrogen) atoms. The molecule has 109 valence electrons. The van der Waals surface area contributed by atoms with Gasteiger partial charge in [-0.25, -0.2) is 8.78 Å². The fraction of sp³-hybridized carbons (Fsp3) is 0.188. The minimum atomic E-state index is -2.51. The number of benzene rings is 2. The van der Waals surface area contributed by atoms with Gasteiger partial charge in [0.15, 0.2) is 0 Å². The second kappa shape index (κ2) is 7.38. The second-order valence-electron chi connectivity index (χ2n) is 4.21. The highest BCUT2D eigenvalue weighted by molar-refractivity contribution is 5.79. The third-order valence-corrected chi connectivity index (χ3v) is 2.79. The van der Waals surface area contributed by atoms with Gasteiger partial charge in [0, 0.05) is 16.7 Å². The highest BCUT2D eigenvalue weighted by Crippen LogP contribution is 2.19. The third-order valence-electron chi connectivity index (χ3n) is 2.79. The summed E-state index contributed by atoms with van der Waals surface area (Å²) in [5, 5.41) is 3.66. The number of para-hydroxylation sites is 1. The van der Waals surface area contributed by atoms with Crippen LogP contribution in [0.15, 0.2) is 53.7 Å². The van der Waals surface area contributed by atoms with Crippen LogP contribution in [0.1, 0.15) is 23.1 Å². The lowest BCUT2D eigenvalue weighted by Gasteiger charge is -2.06. The van der Waals surface area contributed by atoms with Crippen molar-refractivity contribution >= 4 is 6.21 Å². The van der Waals surface area contributed by atoms with Crippen molar-refractivity contribution in [1.29, 1.82) is 0 Å². The Morgan fingerprint density at radius 2 is 1.95 bits per heavy atom. The Bertz CT molecular complexity index is 615. The summed E-state index contributed by atoms with van der Waals surface area (Å²) in [4.78, 5) is 5.11. The van der Waals surface area contributed by atoms with Gasteiger partial charge in [-0.1, -0.05) is 41.6 Å². The normalized spacial score (nSPS) is 11.0. The number of ether oxygens (including phenoxy) is 1. The first-order chi connectivity index (χ1) is 10.2. The van der Waals surface area contributed by atoms with E-state index in [9.17, 15) is 8.78 Å². The van der Waals surface area contributed by atoms with Crippen molar-refractivity contribution in [2.24, 2.45) is 5.16 Å². The highest BCUT2D eigenvalue weighted by Gasteiger charge is 2.06. The van der Waals surface area contributed by atoms with Crippen LogP contribution in [-0.4, -0.2) is 13.3 Å². The van der Waals surface area contributed by atoms with E-state index < -0.39 is 6.43 Å². The third kappa shape index (κ3) is 4.27. The summed E-state index contributed by atoms with van der Waals surface area (Å²) in [6, 6.07) is 13.2. The molecule has 0 amide bonds. The summed E-state index contributed by atoms with van der Waals surface area (Å²) in [5.41, 5.74) is 1.21. The van der Waals surface area contributed by atoms with E-state index in [0.29, 0.717) is 11.3 Å². The largest absolute Gasteiger partial charge is 0.496 e. The van der Waals surface area contributed by atoms with Gasteiger partial charge in [-0.05, 0) is 12.1 Å². The van der Waals surface area contributed by atoms with Crippen molar-refractivity contribution in [2.45, 2.75) is 13.0 Å². The molecule has 2 rings (SSSR count). The van der Waals surface area contributed by atoms with Gasteiger partial charge in [-0.15, -0.1) is 0 Å². The number of rotatable bonds is 6. The van der Waals surface area contributed by atoms with E-state index in [0.717, 1.165) is 5.56 Å². The number of nitrogens with zero attached hydrogens (tertiary/aromatic N) is 1. The summed E-state index contributed by atoms with van der Waals surface area (Å²) in [5.74, 6) is 0.701. The zero-order chi connectivity index (χ0) is 15.1. The molecular formula is C16H14F2NO2. The monoisotopic (exact) mass is 290 g/mol. The lowest BCUT2D eigenvalue weighted by Crippen LogP contribution is -1.93. The van der Waals surface area contributed by atoms with E-state index in [4.69, 9.17) is 9.57 Å². The molecule has 0 atom stereocenters. The molecule has 0 spiro atoms. The van der Waals surface area contributed by atoms with Gasteiger partial charge in [0.05, 0.1) is 7.11 Å². The van der Waals surface area contributed by atoms with Gasteiger partial charge in [-0.2, -0.15) is 0 Å². The van der Waals surface area contributed by atoms with Crippen molar-refractivity contribution in [3.8, 4) is 5.75 Å². The molecule has 0 unspecified atom stereocenters. The standard InChI is InChI=1S/C16H14F2NO2/c1-20-15-8-3-2-6-14(15)11-21-19-10-12-5-4-7-13(9-12)16(17)18/h2-9,16H,11H2,1H3. The average molecular weight is 290 g/mol. The summed E-state index contributed by atoms with van der Waals surface area (Å²) in [7, 11) is 1.57. The molecule has 0 aromatic heterocycles. The Balaban J connectivity index is 1.95. The Morgan fingerprint density at radius 3 is 2.71 bits per heavy atom. The smallest absolute Gasteiger partial charge is 0.263 e. The first kappa shape index (κ1) is 15.0. The molecular weight excluding hydrogens is 276 g/mol. The minimum Gasteiger partial charge on any atom is -0.496 e. The summed E-state index contributed by atoms with van der Waals surface area (Å²) >= 11 is 0. The highest BCUT2D eigenvalue weighted by atomic mass is 19.3. The zero-order valence-electron chi connectivity index (χ0n) is 11.4. The summed E-state index contributed by atoms with van der Waals surface area (Å²) < 4.78 is 30.3. The number of hydrogen-bond acceptors (Lipinski definition) is 3. The first-order valence-corrected chi connectivity index (χ1v) is 6.28. The molecule has 1 radical (unpaired) electrons. The number of halogens is 2. The average Bonchev–Trinajstić information content (AvgIpc) is 2.52. The quantitative estimate of drug-likeness (QED) is 0.593. The Morgan fingerprint density at radius 1 is 1.14 bits per heavy atom. The molecule has 0 aliphatic rings. The first-order valence-electron chi connectivity index (χ1n) is 6.28. The molecule has 2 aromatic rings. The predicted molar refractivity (Wildman–Crippen MR) is 75.7 cm³/mol. The molecule has 3 nitrogen and oxygen atoms in total. The maximum absolute atomic E-state index is 12.5. The van der Waals surface area contributed by atoms with Crippen LogP contribution < -0.4 is 4.74 Å². The lowest BCUT2D eigenvalue weighted by molar-refractivity contribution is 0.130. The Kier molecular flexibility index (Phi) is 5.26. The predicted octanol–water partition coefficient (Wildman–Crippen LogP) is 4.06. The molecule has 2 aromatic carbocycles. The van der Waals surface area contributed by atoms with Crippen LogP contribution in [0.4, 0.5) is 8.78 Å². The second-order valence-corrected chi connectivity index (χ2v) is 4.21. The van der Waals surface area contributed by atoms with Crippen LogP contribution in [0.3, 0.4) is 0 Å². The molecule has 0 aliphatic carbocycles. The fourth-order valence-electron chi connectivity index (χ4n) is 1.75. The van der Waals surface area contributed by atoms with E-state index in [2.05, 4.69) is 11.4 Å². The van der Waals surface area contributed by atoms with E-state index in [1.54, 1.807) is 13.2 Å². The van der Waals surface area contributed by atoms with Crippen molar-refractivity contribution < 1.29 is 18.4 Å². The Hall–Kier alpha value is -2.43. The van der Waals surface area contributed by atoms with Crippen molar-refractivity contribution in [2.75, 3.05) is 7.11 Å². The molecule has 0 N–H and O–H groups in total. The molecule has 0 fully saturated rings. The summed E-state index contributed by atoms with van der Waals surface area (Å²) in [6.45, 7) is 0.214. The number of hydrogen-bond donors (Lipinski definition) is 0. The maximum Gasteiger partial charge on any atom is 0.263 e. The van der Waals surface area contributed by atoms with Crippen molar-refractivity contribution in [1.82, 2.24) is 0 Å². The molecule has 0 bridgehead atoms. The van der Waals surface area contributed by atoms with Gasteiger partial charge in [0.25, 0.3) is 6.43 Å². The molecule has 5 heteroatoms. The van der Waals surface area contributed by atoms with Crippen molar-refractivity contribution in [3.63, 3.8) is 0 Å². The van der Waals surface area contributed by atoms with E-state index in [-0.39, 0.29) is 12.2 Å². The van der Waals surface area contributed by atoms with E-state index in [1.807, 2.05) is 24.3 Å². The lowest BCUT2D eigenvalue weighted by atomic mass is 10.1. The van der Waals surface area contributed by atoms with Gasteiger partial charge in [0.1, 0.15) is 18.6 Å². The zero-order valence-corrected chi connectivity index (χ0v) is 11.4. The van der Waals surface area contributed by atoms with Crippen LogP contribution in [0.2, 0.25) is 0 Å². The van der Waals surface area contributed by atoms with Gasteiger partial charge >= 0.3 is 0 Å². The van der Waals surface area contributed by atoms with Gasteiger partial charge in [0.2, 0.25) is 0 Å². The Labute approximate surface area is 121 Å². The molecule has 0 aliphatic heterocycles. The topological polar surface area (TPSA) is 30.8 Å². The van der Waals surface area contributed by atoms with E-state index in [1.165, 1.54) is 18.2 Å². The minimum absolute atomic E-state index is 0.0695. The van der Waals surface area contributed by atoms with Crippen LogP contribution in [0, 0.1) is 0 Å². The van der Waals surface area contributed by atoms with Crippen molar-refractivity contribution in [3.05, 3.63) is 65.2 Å². The fourth-order valence-corrected chi connectivity index (χ4v) is 1.75. The molecule has 0 saturated heterocycles. The van der Waals surface area contributed by atoms with Crippen LogP contribution in [0.25, 0.3) is 0 Å². The van der Waals surface area contributed by atoms with Gasteiger partial charge < -0.3 is 9.57 Å². The summed E-state index contributed by atoms with van der Waals surface area (Å²) in [6.07, 6.45) is 0.0635. The molecule has 0 heterocycles.